The number of carbonyl (C=O) groups excluding carboxylic acids is 2. The van der Waals surface area contributed by atoms with Gasteiger partial charge < -0.3 is 15.0 Å². The van der Waals surface area contributed by atoms with Gasteiger partial charge in [0.1, 0.15) is 11.8 Å². The molecule has 0 saturated heterocycles. The van der Waals surface area contributed by atoms with Crippen molar-refractivity contribution in [2.24, 2.45) is 0 Å². The minimum atomic E-state index is -0.723. The molecule has 38 heavy (non-hydrogen) atoms. The summed E-state index contributed by atoms with van der Waals surface area (Å²) in [6.45, 7) is 2.53. The number of hydrogen-bond acceptors (Lipinski definition) is 3. The molecule has 4 rings (SSSR count). The Morgan fingerprint density at radius 2 is 1.68 bits per heavy atom. The van der Waals surface area contributed by atoms with Gasteiger partial charge in [-0.3, -0.25) is 9.59 Å². The number of halogens is 2. The van der Waals surface area contributed by atoms with E-state index < -0.39 is 6.04 Å². The first kappa shape index (κ1) is 27.7. The van der Waals surface area contributed by atoms with E-state index in [1.807, 2.05) is 91.9 Å². The predicted molar refractivity (Wildman–Crippen MR) is 156 cm³/mol. The number of nitrogens with zero attached hydrogens (tertiary/aromatic N) is 1. The fourth-order valence-electron chi connectivity index (χ4n) is 4.30. The molecule has 0 aliphatic rings. The maximum Gasteiger partial charge on any atom is 0.261 e. The van der Waals surface area contributed by atoms with Gasteiger partial charge in [0.15, 0.2) is 6.61 Å². The van der Waals surface area contributed by atoms with Gasteiger partial charge in [0.2, 0.25) is 5.91 Å². The maximum atomic E-state index is 13.8. The van der Waals surface area contributed by atoms with E-state index in [1.165, 1.54) is 0 Å². The molecule has 1 N–H and O–H groups in total. The highest BCUT2D eigenvalue weighted by atomic mass is 79.9. The third-order valence-electron chi connectivity index (χ3n) is 6.24. The quantitative estimate of drug-likeness (QED) is 0.208. The van der Waals surface area contributed by atoms with Crippen molar-refractivity contribution in [2.75, 3.05) is 13.2 Å². The molecule has 0 spiro atoms. The van der Waals surface area contributed by atoms with Crippen LogP contribution in [0.15, 0.2) is 95.5 Å². The van der Waals surface area contributed by atoms with E-state index in [9.17, 15) is 9.59 Å². The highest BCUT2D eigenvalue weighted by Crippen LogP contribution is 2.33. The second-order valence-electron chi connectivity index (χ2n) is 9.04. The Morgan fingerprint density at radius 1 is 0.947 bits per heavy atom. The molecule has 0 heterocycles. The fourth-order valence-corrected chi connectivity index (χ4v) is 5.12. The Bertz CT molecular complexity index is 1400. The van der Waals surface area contributed by atoms with E-state index in [4.69, 9.17) is 16.3 Å². The lowest BCUT2D eigenvalue weighted by Crippen LogP contribution is -2.51. The van der Waals surface area contributed by atoms with E-state index in [0.717, 1.165) is 32.8 Å². The summed E-state index contributed by atoms with van der Waals surface area (Å²) >= 11 is 9.87. The Balaban J connectivity index is 1.63. The molecule has 0 bridgehead atoms. The summed E-state index contributed by atoms with van der Waals surface area (Å²) in [6, 6.07) is 28.1. The van der Waals surface area contributed by atoms with Crippen LogP contribution in [-0.4, -0.2) is 35.9 Å². The van der Waals surface area contributed by atoms with Crippen LogP contribution in [0, 0.1) is 0 Å². The van der Waals surface area contributed by atoms with Gasteiger partial charge in [0.05, 0.1) is 4.47 Å². The highest BCUT2D eigenvalue weighted by molar-refractivity contribution is 9.10. The molecule has 0 saturated carbocycles. The average molecular weight is 594 g/mol. The van der Waals surface area contributed by atoms with Crippen LogP contribution in [0.5, 0.6) is 5.75 Å². The molecular formula is C31H30BrClN2O3. The number of amides is 2. The SMILES string of the molecule is CCCNC(=O)[C@@H](Cc1ccccc1)N(Cc1cccc(Cl)c1)C(=O)COc1ccc2ccccc2c1Br. The van der Waals surface area contributed by atoms with Crippen LogP contribution in [0.1, 0.15) is 24.5 Å². The predicted octanol–water partition coefficient (Wildman–Crippen LogP) is 6.80. The number of hydrogen-bond donors (Lipinski definition) is 1. The zero-order valence-electron chi connectivity index (χ0n) is 21.2. The molecule has 7 heteroatoms. The zero-order valence-corrected chi connectivity index (χ0v) is 23.5. The molecule has 2 amide bonds. The van der Waals surface area contributed by atoms with E-state index >= 15 is 0 Å². The molecule has 0 unspecified atom stereocenters. The summed E-state index contributed by atoms with van der Waals surface area (Å²) in [6.07, 6.45) is 1.17. The van der Waals surface area contributed by atoms with Crippen LogP contribution < -0.4 is 10.1 Å². The minimum absolute atomic E-state index is 0.196. The van der Waals surface area contributed by atoms with Crippen molar-refractivity contribution in [3.05, 3.63) is 112 Å². The Hall–Kier alpha value is -3.35. The third kappa shape index (κ3) is 7.15. The molecule has 5 nitrogen and oxygen atoms in total. The van der Waals surface area contributed by atoms with E-state index in [-0.39, 0.29) is 25.0 Å². The molecule has 0 aromatic heterocycles. The molecule has 1 atom stereocenters. The van der Waals surface area contributed by atoms with Crippen LogP contribution in [0.4, 0.5) is 0 Å². The van der Waals surface area contributed by atoms with Crippen LogP contribution in [0.3, 0.4) is 0 Å². The third-order valence-corrected chi connectivity index (χ3v) is 7.29. The lowest BCUT2D eigenvalue weighted by atomic mass is 10.0. The summed E-state index contributed by atoms with van der Waals surface area (Å²) in [5.74, 6) is 0.0744. The summed E-state index contributed by atoms with van der Waals surface area (Å²) < 4.78 is 6.80. The van der Waals surface area contributed by atoms with Crippen molar-refractivity contribution in [1.82, 2.24) is 10.2 Å². The van der Waals surface area contributed by atoms with Gasteiger partial charge in [0.25, 0.3) is 5.91 Å². The Kier molecular flexibility index (Phi) is 9.79. The lowest BCUT2D eigenvalue weighted by molar-refractivity contribution is -0.142. The second-order valence-corrected chi connectivity index (χ2v) is 10.3. The molecular weight excluding hydrogens is 564 g/mol. The van der Waals surface area contributed by atoms with Gasteiger partial charge in [-0.15, -0.1) is 0 Å². The van der Waals surface area contributed by atoms with E-state index in [1.54, 1.807) is 11.0 Å². The van der Waals surface area contributed by atoms with Crippen LogP contribution in [0.25, 0.3) is 10.8 Å². The van der Waals surface area contributed by atoms with Gasteiger partial charge in [0, 0.05) is 24.5 Å². The molecule has 4 aromatic rings. The molecule has 0 aliphatic carbocycles. The molecule has 0 fully saturated rings. The topological polar surface area (TPSA) is 58.6 Å². The summed E-state index contributed by atoms with van der Waals surface area (Å²) in [5, 5.41) is 5.61. The van der Waals surface area contributed by atoms with Crippen molar-refractivity contribution < 1.29 is 14.3 Å². The smallest absolute Gasteiger partial charge is 0.261 e. The number of carbonyl (C=O) groups is 2. The van der Waals surface area contributed by atoms with Crippen molar-refractivity contribution in [3.63, 3.8) is 0 Å². The molecule has 4 aromatic carbocycles. The summed E-state index contributed by atoms with van der Waals surface area (Å²) in [7, 11) is 0. The zero-order chi connectivity index (χ0) is 26.9. The minimum Gasteiger partial charge on any atom is -0.483 e. The average Bonchev–Trinajstić information content (AvgIpc) is 2.94. The van der Waals surface area contributed by atoms with Crippen LogP contribution >= 0.6 is 27.5 Å². The van der Waals surface area contributed by atoms with Crippen molar-refractivity contribution >= 4 is 50.1 Å². The number of fused-ring (bicyclic) bond motifs is 1. The standard InChI is InChI=1S/C31H30BrClN2O3/c1-2-17-34-31(37)27(19-22-9-4-3-5-10-22)35(20-23-11-8-13-25(33)18-23)29(36)21-38-28-16-15-24-12-6-7-14-26(24)30(28)32/h3-16,18,27H,2,17,19-21H2,1H3,(H,34,37)/t27-/m1/s1. The van der Waals surface area contributed by atoms with Crippen LogP contribution in [0.2, 0.25) is 5.02 Å². The van der Waals surface area contributed by atoms with Gasteiger partial charge >= 0.3 is 0 Å². The maximum absolute atomic E-state index is 13.8. The molecule has 196 valence electrons. The molecule has 0 radical (unpaired) electrons. The largest absolute Gasteiger partial charge is 0.483 e. The lowest BCUT2D eigenvalue weighted by Gasteiger charge is -2.31. The number of rotatable bonds is 11. The first-order valence-corrected chi connectivity index (χ1v) is 13.8. The normalized spacial score (nSPS) is 11.7. The van der Waals surface area contributed by atoms with Gasteiger partial charge in [-0.2, -0.15) is 0 Å². The Morgan fingerprint density at radius 3 is 2.45 bits per heavy atom. The monoisotopic (exact) mass is 592 g/mol. The van der Waals surface area contributed by atoms with E-state index in [0.29, 0.717) is 23.7 Å². The van der Waals surface area contributed by atoms with Crippen molar-refractivity contribution in [2.45, 2.75) is 32.4 Å². The second kappa shape index (κ2) is 13.4. The molecule has 0 aliphatic heterocycles. The number of benzene rings is 4. The highest BCUT2D eigenvalue weighted by Gasteiger charge is 2.30. The summed E-state index contributed by atoms with van der Waals surface area (Å²) in [5.41, 5.74) is 1.80. The van der Waals surface area contributed by atoms with Crippen LogP contribution in [-0.2, 0) is 22.6 Å². The Labute approximate surface area is 236 Å². The van der Waals surface area contributed by atoms with Gasteiger partial charge in [-0.1, -0.05) is 91.3 Å². The van der Waals surface area contributed by atoms with Gasteiger partial charge in [-0.25, -0.2) is 0 Å². The van der Waals surface area contributed by atoms with Crippen molar-refractivity contribution in [3.8, 4) is 5.75 Å². The fraction of sp³-hybridized carbons (Fsp3) is 0.226. The van der Waals surface area contributed by atoms with Crippen molar-refractivity contribution in [1.29, 1.82) is 0 Å². The number of nitrogens with one attached hydrogen (secondary N) is 1. The first-order chi connectivity index (χ1) is 18.5. The number of ether oxygens (including phenoxy) is 1. The first-order valence-electron chi connectivity index (χ1n) is 12.6. The van der Waals surface area contributed by atoms with E-state index in [2.05, 4.69) is 21.2 Å². The van der Waals surface area contributed by atoms with Gasteiger partial charge in [-0.05, 0) is 62.4 Å². The summed E-state index contributed by atoms with van der Waals surface area (Å²) in [4.78, 5) is 28.8.